The van der Waals surface area contributed by atoms with Crippen molar-refractivity contribution in [2.75, 3.05) is 26.2 Å². The Hall–Kier alpha value is -1.82. The first-order valence-corrected chi connectivity index (χ1v) is 8.50. The van der Waals surface area contributed by atoms with Gasteiger partial charge in [0.25, 0.3) is 0 Å². The highest BCUT2D eigenvalue weighted by Gasteiger charge is 2.40. The van der Waals surface area contributed by atoms with Crippen LogP contribution in [0.2, 0.25) is 5.02 Å². The summed E-state index contributed by atoms with van der Waals surface area (Å²) >= 11 is 6.04. The molecule has 0 aromatic heterocycles. The Kier molecular flexibility index (Phi) is 3.72. The van der Waals surface area contributed by atoms with Crippen LogP contribution in [0.15, 0.2) is 23.1 Å². The van der Waals surface area contributed by atoms with Crippen LogP contribution in [-0.4, -0.2) is 55.9 Å². The Morgan fingerprint density at radius 1 is 1.36 bits per heavy atom. The fourth-order valence-corrected chi connectivity index (χ4v) is 4.75. The average Bonchev–Trinajstić information content (AvgIpc) is 2.88. The van der Waals surface area contributed by atoms with Crippen LogP contribution in [0.3, 0.4) is 0 Å². The lowest BCUT2D eigenvalue weighted by Gasteiger charge is -2.35. The molecule has 1 atom stereocenters. The molecule has 2 aliphatic heterocycles. The standard InChI is InChI=1S/C13H13ClN4O3S/c14-12-9(6-15)2-1-3-11(12)22(20,21)17-4-5-18-10(8-17)7-16-13(18)19/h1-3,10H,4-5,7-8H2,(H,16,19). The van der Waals surface area contributed by atoms with Crippen LogP contribution in [0.1, 0.15) is 5.56 Å². The number of benzene rings is 1. The predicted molar refractivity (Wildman–Crippen MR) is 78.8 cm³/mol. The Morgan fingerprint density at radius 2 is 2.14 bits per heavy atom. The molecule has 1 unspecified atom stereocenters. The van der Waals surface area contributed by atoms with Gasteiger partial charge in [0.2, 0.25) is 10.0 Å². The molecule has 0 saturated carbocycles. The van der Waals surface area contributed by atoms with Crippen LogP contribution in [0, 0.1) is 11.3 Å². The maximum absolute atomic E-state index is 12.8. The Balaban J connectivity index is 1.92. The lowest BCUT2D eigenvalue weighted by atomic mass is 10.2. The zero-order chi connectivity index (χ0) is 15.9. The second-order valence-electron chi connectivity index (χ2n) is 5.13. The zero-order valence-corrected chi connectivity index (χ0v) is 13.1. The molecule has 1 aromatic carbocycles. The topological polar surface area (TPSA) is 93.5 Å². The summed E-state index contributed by atoms with van der Waals surface area (Å²) in [7, 11) is -3.80. The Bertz CT molecular complexity index is 774. The third-order valence-electron chi connectivity index (χ3n) is 3.90. The first-order chi connectivity index (χ1) is 10.4. The van der Waals surface area contributed by atoms with E-state index in [-0.39, 0.29) is 40.6 Å². The highest BCUT2D eigenvalue weighted by Crippen LogP contribution is 2.29. The maximum Gasteiger partial charge on any atom is 0.317 e. The van der Waals surface area contributed by atoms with Crippen molar-refractivity contribution in [2.45, 2.75) is 10.9 Å². The van der Waals surface area contributed by atoms with Gasteiger partial charge in [0, 0.05) is 26.2 Å². The first kappa shape index (κ1) is 15.1. The molecule has 2 aliphatic rings. The molecule has 0 spiro atoms. The summed E-state index contributed by atoms with van der Waals surface area (Å²) in [4.78, 5) is 13.1. The molecule has 0 aliphatic carbocycles. The van der Waals surface area contributed by atoms with E-state index in [2.05, 4.69) is 5.32 Å². The smallest absolute Gasteiger partial charge is 0.317 e. The molecule has 1 aromatic rings. The van der Waals surface area contributed by atoms with Gasteiger partial charge in [0.15, 0.2) is 0 Å². The van der Waals surface area contributed by atoms with Gasteiger partial charge in [-0.1, -0.05) is 17.7 Å². The molecule has 116 valence electrons. The van der Waals surface area contributed by atoms with Crippen molar-refractivity contribution in [3.8, 4) is 6.07 Å². The second kappa shape index (κ2) is 5.43. The first-order valence-electron chi connectivity index (χ1n) is 6.68. The van der Waals surface area contributed by atoms with Gasteiger partial charge in [0.1, 0.15) is 11.0 Å². The lowest BCUT2D eigenvalue weighted by Crippen LogP contribution is -2.53. The van der Waals surface area contributed by atoms with E-state index >= 15 is 0 Å². The average molecular weight is 341 g/mol. The summed E-state index contributed by atoms with van der Waals surface area (Å²) in [5.41, 5.74) is 0.124. The van der Waals surface area contributed by atoms with Gasteiger partial charge in [-0.05, 0) is 12.1 Å². The van der Waals surface area contributed by atoms with Crippen LogP contribution in [0.25, 0.3) is 0 Å². The van der Waals surface area contributed by atoms with Gasteiger partial charge in [-0.2, -0.15) is 9.57 Å². The Labute approximate surface area is 133 Å². The largest absolute Gasteiger partial charge is 0.336 e. The van der Waals surface area contributed by atoms with Gasteiger partial charge in [0.05, 0.1) is 16.6 Å². The van der Waals surface area contributed by atoms with Crippen molar-refractivity contribution in [3.63, 3.8) is 0 Å². The molecule has 22 heavy (non-hydrogen) atoms. The number of nitrogens with one attached hydrogen (secondary N) is 1. The molecule has 2 amide bonds. The molecule has 0 radical (unpaired) electrons. The molecule has 2 heterocycles. The van der Waals surface area contributed by atoms with E-state index in [1.165, 1.54) is 22.5 Å². The third kappa shape index (κ3) is 2.31. The number of amides is 2. The summed E-state index contributed by atoms with van der Waals surface area (Å²) < 4.78 is 26.8. The molecule has 9 heteroatoms. The van der Waals surface area contributed by atoms with Gasteiger partial charge >= 0.3 is 6.03 Å². The van der Waals surface area contributed by atoms with Gasteiger partial charge in [-0.25, -0.2) is 13.2 Å². The lowest BCUT2D eigenvalue weighted by molar-refractivity contribution is 0.164. The maximum atomic E-state index is 12.8. The minimum atomic E-state index is -3.80. The number of carbonyl (C=O) groups is 1. The quantitative estimate of drug-likeness (QED) is 0.853. The minimum Gasteiger partial charge on any atom is -0.336 e. The normalized spacial score (nSPS) is 22.1. The van der Waals surface area contributed by atoms with E-state index in [4.69, 9.17) is 16.9 Å². The monoisotopic (exact) mass is 340 g/mol. The molecule has 0 bridgehead atoms. The molecular weight excluding hydrogens is 328 g/mol. The minimum absolute atomic E-state index is 0.0620. The highest BCUT2D eigenvalue weighted by atomic mass is 35.5. The number of carbonyl (C=O) groups excluding carboxylic acids is 1. The van der Waals surface area contributed by atoms with Crippen LogP contribution < -0.4 is 5.32 Å². The van der Waals surface area contributed by atoms with E-state index in [1.54, 1.807) is 4.90 Å². The second-order valence-corrected chi connectivity index (χ2v) is 7.41. The van der Waals surface area contributed by atoms with Crippen LogP contribution >= 0.6 is 11.6 Å². The van der Waals surface area contributed by atoms with E-state index in [9.17, 15) is 13.2 Å². The number of urea groups is 1. The number of hydrogen-bond acceptors (Lipinski definition) is 4. The van der Waals surface area contributed by atoms with Crippen molar-refractivity contribution < 1.29 is 13.2 Å². The summed E-state index contributed by atoms with van der Waals surface area (Å²) in [6.07, 6.45) is 0. The number of piperazine rings is 1. The van der Waals surface area contributed by atoms with Crippen molar-refractivity contribution in [1.82, 2.24) is 14.5 Å². The van der Waals surface area contributed by atoms with Crippen LogP contribution in [0.4, 0.5) is 4.79 Å². The van der Waals surface area contributed by atoms with E-state index in [0.717, 1.165) is 0 Å². The number of rotatable bonds is 2. The van der Waals surface area contributed by atoms with Gasteiger partial charge < -0.3 is 10.2 Å². The van der Waals surface area contributed by atoms with Crippen molar-refractivity contribution in [3.05, 3.63) is 28.8 Å². The number of halogens is 1. The summed E-state index contributed by atoms with van der Waals surface area (Å²) in [6.45, 7) is 1.19. The Morgan fingerprint density at radius 3 is 2.86 bits per heavy atom. The van der Waals surface area contributed by atoms with E-state index in [1.807, 2.05) is 6.07 Å². The number of nitriles is 1. The highest BCUT2D eigenvalue weighted by molar-refractivity contribution is 7.89. The summed E-state index contributed by atoms with van der Waals surface area (Å²) in [5.74, 6) is 0. The fourth-order valence-electron chi connectivity index (χ4n) is 2.73. The molecular formula is C13H13ClN4O3S. The van der Waals surface area contributed by atoms with Crippen molar-refractivity contribution in [2.24, 2.45) is 0 Å². The zero-order valence-electron chi connectivity index (χ0n) is 11.5. The number of fused-ring (bicyclic) bond motifs is 1. The number of sulfonamides is 1. The third-order valence-corrected chi connectivity index (χ3v) is 6.32. The molecule has 3 rings (SSSR count). The van der Waals surface area contributed by atoms with Crippen LogP contribution in [-0.2, 0) is 10.0 Å². The molecule has 2 saturated heterocycles. The molecule has 2 fully saturated rings. The van der Waals surface area contributed by atoms with Gasteiger partial charge in [-0.15, -0.1) is 0 Å². The van der Waals surface area contributed by atoms with Crippen molar-refractivity contribution >= 4 is 27.7 Å². The number of hydrogen-bond donors (Lipinski definition) is 1. The van der Waals surface area contributed by atoms with Crippen molar-refractivity contribution in [1.29, 1.82) is 5.26 Å². The summed E-state index contributed by atoms with van der Waals surface area (Å²) in [6, 6.07) is 5.90. The predicted octanol–water partition coefficient (Wildman–Crippen LogP) is 0.610. The molecule has 1 N–H and O–H groups in total. The summed E-state index contributed by atoms with van der Waals surface area (Å²) in [5, 5.41) is 11.6. The van der Waals surface area contributed by atoms with E-state index in [0.29, 0.717) is 13.1 Å². The molecule has 7 nitrogen and oxygen atoms in total. The SMILES string of the molecule is N#Cc1cccc(S(=O)(=O)N2CCN3C(=O)NCC3C2)c1Cl. The van der Waals surface area contributed by atoms with Crippen LogP contribution in [0.5, 0.6) is 0 Å². The number of nitrogens with zero attached hydrogens (tertiary/aromatic N) is 3. The van der Waals surface area contributed by atoms with E-state index < -0.39 is 10.0 Å². The fraction of sp³-hybridized carbons (Fsp3) is 0.385. The van der Waals surface area contributed by atoms with Gasteiger partial charge in [-0.3, -0.25) is 0 Å².